The molecule has 1 aromatic rings. The minimum atomic E-state index is -2.42. The number of hydrogen-bond acceptors (Lipinski definition) is 2. The van der Waals surface area contributed by atoms with Crippen molar-refractivity contribution in [3.05, 3.63) is 53.2 Å². The number of hydrogen-bond donors (Lipinski definition) is 1. The van der Waals surface area contributed by atoms with Crippen molar-refractivity contribution in [2.75, 3.05) is 13.1 Å². The van der Waals surface area contributed by atoms with E-state index in [1.54, 1.807) is 13.8 Å². The van der Waals surface area contributed by atoms with E-state index < -0.39 is 17.4 Å². The van der Waals surface area contributed by atoms with Gasteiger partial charge in [0.1, 0.15) is 0 Å². The second-order valence-corrected chi connectivity index (χ2v) is 7.57. The van der Waals surface area contributed by atoms with Crippen molar-refractivity contribution in [1.29, 1.82) is 0 Å². The number of halogens is 2. The van der Waals surface area contributed by atoms with E-state index in [2.05, 4.69) is 17.9 Å². The van der Waals surface area contributed by atoms with Crippen LogP contribution in [0, 0.1) is 5.92 Å². The van der Waals surface area contributed by atoms with Gasteiger partial charge in [-0.05, 0) is 61.7 Å². The number of rotatable bonds is 5. The van der Waals surface area contributed by atoms with Crippen LogP contribution in [0.4, 0.5) is 8.78 Å². The highest BCUT2D eigenvalue weighted by atomic mass is 19.3. The predicted molar refractivity (Wildman–Crippen MR) is 92.7 cm³/mol. The molecule has 0 radical (unpaired) electrons. The van der Waals surface area contributed by atoms with E-state index in [-0.39, 0.29) is 6.42 Å². The molecule has 1 atom stereocenters. The summed E-state index contributed by atoms with van der Waals surface area (Å²) in [6.07, 6.45) is 4.67. The molecule has 3 rings (SSSR count). The van der Waals surface area contributed by atoms with Gasteiger partial charge in [-0.3, -0.25) is 0 Å². The van der Waals surface area contributed by atoms with Gasteiger partial charge in [0.25, 0.3) is 5.92 Å². The van der Waals surface area contributed by atoms with Crippen molar-refractivity contribution in [3.63, 3.8) is 0 Å². The van der Waals surface area contributed by atoms with Gasteiger partial charge in [0.05, 0.1) is 5.60 Å². The molecule has 4 heteroatoms. The lowest BCUT2D eigenvalue weighted by atomic mass is 9.93. The van der Waals surface area contributed by atoms with E-state index in [1.807, 2.05) is 30.5 Å². The lowest BCUT2D eigenvalue weighted by Crippen LogP contribution is -2.24. The molecule has 0 bridgehead atoms. The Balaban J connectivity index is 1.63. The Hall–Kier alpha value is -1.68. The quantitative estimate of drug-likeness (QED) is 0.854. The molecule has 24 heavy (non-hydrogen) atoms. The summed E-state index contributed by atoms with van der Waals surface area (Å²) in [7, 11) is 0. The Morgan fingerprint density at radius 2 is 1.88 bits per heavy atom. The summed E-state index contributed by atoms with van der Waals surface area (Å²) in [6, 6.07) is 7.95. The topological polar surface area (TPSA) is 23.5 Å². The van der Waals surface area contributed by atoms with Crippen molar-refractivity contribution < 1.29 is 13.9 Å². The molecule has 1 heterocycles. The Morgan fingerprint density at radius 3 is 2.38 bits per heavy atom. The van der Waals surface area contributed by atoms with Crippen molar-refractivity contribution in [3.8, 4) is 0 Å². The second kappa shape index (κ2) is 5.99. The summed E-state index contributed by atoms with van der Waals surface area (Å²) in [5.41, 5.74) is 3.56. The van der Waals surface area contributed by atoms with Crippen LogP contribution in [-0.2, 0) is 5.60 Å². The van der Waals surface area contributed by atoms with Crippen LogP contribution in [0.3, 0.4) is 0 Å². The van der Waals surface area contributed by atoms with Crippen LogP contribution in [0.2, 0.25) is 0 Å². The first-order valence-electron chi connectivity index (χ1n) is 8.50. The summed E-state index contributed by atoms with van der Waals surface area (Å²) in [6.45, 7) is 7.08. The van der Waals surface area contributed by atoms with E-state index in [4.69, 9.17) is 0 Å². The Kier molecular flexibility index (Phi) is 4.28. The zero-order valence-corrected chi connectivity index (χ0v) is 14.5. The van der Waals surface area contributed by atoms with E-state index in [0.717, 1.165) is 17.7 Å². The van der Waals surface area contributed by atoms with Crippen LogP contribution in [-0.4, -0.2) is 29.0 Å². The maximum atomic E-state index is 13.0. The monoisotopic (exact) mass is 333 g/mol. The average molecular weight is 333 g/mol. The number of allylic oxidation sites excluding steroid dienone is 2. The Morgan fingerprint density at radius 1 is 1.25 bits per heavy atom. The largest absolute Gasteiger partial charge is 0.386 e. The molecule has 0 saturated heterocycles. The van der Waals surface area contributed by atoms with E-state index in [0.29, 0.717) is 13.0 Å². The van der Waals surface area contributed by atoms with Crippen molar-refractivity contribution >= 4 is 5.57 Å². The van der Waals surface area contributed by atoms with Crippen LogP contribution >= 0.6 is 0 Å². The summed E-state index contributed by atoms with van der Waals surface area (Å²) >= 11 is 0. The van der Waals surface area contributed by atoms with Gasteiger partial charge in [-0.1, -0.05) is 24.3 Å². The van der Waals surface area contributed by atoms with E-state index in [1.165, 1.54) is 11.1 Å². The molecule has 0 amide bonds. The number of aliphatic hydroxyl groups is 1. The van der Waals surface area contributed by atoms with Crippen LogP contribution in [0.5, 0.6) is 0 Å². The molecule has 1 N–H and O–H groups in total. The van der Waals surface area contributed by atoms with Crippen LogP contribution in [0.1, 0.15) is 44.7 Å². The molecule has 1 aliphatic heterocycles. The van der Waals surface area contributed by atoms with Crippen molar-refractivity contribution in [2.24, 2.45) is 5.92 Å². The van der Waals surface area contributed by atoms with Crippen LogP contribution in [0.25, 0.3) is 5.57 Å². The highest BCUT2D eigenvalue weighted by Gasteiger charge is 2.56. The van der Waals surface area contributed by atoms with Gasteiger partial charge in [0.15, 0.2) is 0 Å². The standard InChI is InChI=1S/C20H25F2NO/c1-14-13-23(10-8-17-12-20(17,21)22)11-9-18(14)15-4-6-16(7-5-15)19(2,3)24/h4-7,9,11,17,24H,8,10,12-13H2,1-3H3. The summed E-state index contributed by atoms with van der Waals surface area (Å²) < 4.78 is 25.9. The maximum Gasteiger partial charge on any atom is 0.251 e. The van der Waals surface area contributed by atoms with Gasteiger partial charge in [-0.25, -0.2) is 8.78 Å². The smallest absolute Gasteiger partial charge is 0.251 e. The van der Waals surface area contributed by atoms with Gasteiger partial charge in [-0.15, -0.1) is 0 Å². The summed E-state index contributed by atoms with van der Waals surface area (Å²) in [5.74, 6) is -2.84. The molecule has 1 aliphatic carbocycles. The van der Waals surface area contributed by atoms with Crippen molar-refractivity contribution in [2.45, 2.75) is 45.1 Å². The number of benzene rings is 1. The highest BCUT2D eigenvalue weighted by molar-refractivity contribution is 5.77. The molecule has 1 aromatic carbocycles. The molecule has 2 nitrogen and oxygen atoms in total. The molecule has 0 spiro atoms. The number of alkyl halides is 2. The zero-order valence-electron chi connectivity index (χ0n) is 14.5. The highest BCUT2D eigenvalue weighted by Crippen LogP contribution is 2.50. The summed E-state index contributed by atoms with van der Waals surface area (Å²) in [4.78, 5) is 2.11. The Bertz CT molecular complexity index is 668. The Labute approximate surface area is 142 Å². The lowest BCUT2D eigenvalue weighted by Gasteiger charge is -2.26. The molecule has 1 unspecified atom stereocenters. The number of nitrogens with zero attached hydrogens (tertiary/aromatic N) is 1. The first-order chi connectivity index (χ1) is 11.2. The molecule has 130 valence electrons. The first-order valence-corrected chi connectivity index (χ1v) is 8.50. The third-order valence-electron chi connectivity index (χ3n) is 4.97. The maximum absolute atomic E-state index is 13.0. The van der Waals surface area contributed by atoms with Crippen LogP contribution in [0.15, 0.2) is 42.1 Å². The fourth-order valence-corrected chi connectivity index (χ4v) is 3.22. The predicted octanol–water partition coefficient (Wildman–Crippen LogP) is 4.56. The average Bonchev–Trinajstić information content (AvgIpc) is 3.12. The third kappa shape index (κ3) is 3.69. The van der Waals surface area contributed by atoms with Gasteiger partial charge < -0.3 is 10.0 Å². The van der Waals surface area contributed by atoms with E-state index in [9.17, 15) is 13.9 Å². The SMILES string of the molecule is CC1=C(c2ccc(C(C)(C)O)cc2)C=CN(CCC2CC2(F)F)C1. The molecule has 1 saturated carbocycles. The zero-order chi connectivity index (χ0) is 17.5. The molecule has 1 fully saturated rings. The molecular weight excluding hydrogens is 308 g/mol. The van der Waals surface area contributed by atoms with Crippen LogP contribution < -0.4 is 0 Å². The van der Waals surface area contributed by atoms with Gasteiger partial charge in [0, 0.05) is 25.4 Å². The molecule has 0 aromatic heterocycles. The fourth-order valence-electron chi connectivity index (χ4n) is 3.22. The van der Waals surface area contributed by atoms with Gasteiger partial charge in [-0.2, -0.15) is 0 Å². The molecular formula is C20H25F2NO. The minimum absolute atomic E-state index is 0.0537. The van der Waals surface area contributed by atoms with E-state index >= 15 is 0 Å². The van der Waals surface area contributed by atoms with Gasteiger partial charge in [0.2, 0.25) is 0 Å². The minimum Gasteiger partial charge on any atom is -0.386 e. The normalized spacial score (nSPS) is 22.9. The fraction of sp³-hybridized carbons (Fsp3) is 0.500. The van der Waals surface area contributed by atoms with Crippen molar-refractivity contribution in [1.82, 2.24) is 4.90 Å². The van der Waals surface area contributed by atoms with Gasteiger partial charge >= 0.3 is 0 Å². The lowest BCUT2D eigenvalue weighted by molar-refractivity contribution is 0.0786. The summed E-state index contributed by atoms with van der Waals surface area (Å²) in [5, 5.41) is 10.0. The third-order valence-corrected chi connectivity index (χ3v) is 4.97. The first kappa shape index (κ1) is 17.2. The molecule has 2 aliphatic rings. The second-order valence-electron chi connectivity index (χ2n) is 7.57.